The second-order valence-electron chi connectivity index (χ2n) is 8.32. The summed E-state index contributed by atoms with van der Waals surface area (Å²) in [5.74, 6) is 0.401. The molecule has 0 bridgehead atoms. The topological polar surface area (TPSA) is 151 Å². The number of para-hydroxylation sites is 1. The van der Waals surface area contributed by atoms with Crippen molar-refractivity contribution >= 4 is 13.0 Å². The van der Waals surface area contributed by atoms with Crippen molar-refractivity contribution in [3.8, 4) is 5.75 Å². The minimum Gasteiger partial charge on any atom is -0.534 e. The van der Waals surface area contributed by atoms with E-state index in [2.05, 4.69) is 5.32 Å². The van der Waals surface area contributed by atoms with Gasteiger partial charge in [-0.2, -0.15) is 0 Å². The molecule has 0 radical (unpaired) electrons. The van der Waals surface area contributed by atoms with Crippen LogP contribution in [0.5, 0.6) is 5.75 Å². The summed E-state index contributed by atoms with van der Waals surface area (Å²) in [5.41, 5.74) is 12.7. The average Bonchev–Trinajstić information content (AvgIpc) is 2.68. The van der Waals surface area contributed by atoms with Crippen LogP contribution in [-0.2, 0) is 11.2 Å². The van der Waals surface area contributed by atoms with Crippen LogP contribution in [0, 0.1) is 11.8 Å². The Balaban J connectivity index is 1.51. The number of carbonyl (C=O) groups excluding carboxylic acids is 1. The van der Waals surface area contributed by atoms with Gasteiger partial charge in [0.05, 0.1) is 5.94 Å². The molecule has 3 rings (SSSR count). The number of hydrogen-bond donors (Lipinski definition) is 6. The lowest BCUT2D eigenvalue weighted by Crippen LogP contribution is -2.53. The van der Waals surface area contributed by atoms with Crippen molar-refractivity contribution < 1.29 is 24.7 Å². The van der Waals surface area contributed by atoms with Gasteiger partial charge in [0, 0.05) is 18.0 Å². The Bertz CT molecular complexity index is 697. The fourth-order valence-corrected chi connectivity index (χ4v) is 4.55. The Hall–Kier alpha value is -1.65. The summed E-state index contributed by atoms with van der Waals surface area (Å²) in [6.07, 6.45) is 3.93. The molecule has 1 unspecified atom stereocenters. The largest absolute Gasteiger partial charge is 0.547 e. The monoisotopic (exact) mass is 405 g/mol. The molecular formula is C20H32BN3O5. The van der Waals surface area contributed by atoms with Crippen LogP contribution < -0.4 is 21.4 Å². The molecule has 0 aromatic heterocycles. The van der Waals surface area contributed by atoms with Crippen LogP contribution in [0.3, 0.4) is 0 Å². The van der Waals surface area contributed by atoms with Gasteiger partial charge in [-0.25, -0.2) is 0 Å². The first kappa shape index (κ1) is 22.0. The molecule has 160 valence electrons. The maximum Gasteiger partial charge on any atom is 0.547 e. The summed E-state index contributed by atoms with van der Waals surface area (Å²) in [6.45, 7) is 0.608. The van der Waals surface area contributed by atoms with Crippen LogP contribution in [-0.4, -0.2) is 46.8 Å². The highest BCUT2D eigenvalue weighted by Gasteiger charge is 2.38. The highest BCUT2D eigenvalue weighted by molar-refractivity contribution is 6.46. The lowest BCUT2D eigenvalue weighted by molar-refractivity contribution is -0.122. The zero-order chi connectivity index (χ0) is 21.0. The van der Waals surface area contributed by atoms with E-state index in [0.29, 0.717) is 31.2 Å². The van der Waals surface area contributed by atoms with Gasteiger partial charge in [0.1, 0.15) is 5.75 Å². The normalized spacial score (nSPS) is 25.3. The zero-order valence-corrected chi connectivity index (χ0v) is 16.7. The van der Waals surface area contributed by atoms with Crippen LogP contribution in [0.2, 0.25) is 0 Å². The minimum atomic E-state index is -1.68. The summed E-state index contributed by atoms with van der Waals surface area (Å²) in [6, 6.07) is 5.16. The van der Waals surface area contributed by atoms with Crippen LogP contribution in [0.4, 0.5) is 0 Å². The van der Waals surface area contributed by atoms with Gasteiger partial charge in [-0.1, -0.05) is 18.2 Å². The van der Waals surface area contributed by atoms with Gasteiger partial charge in [-0.05, 0) is 62.5 Å². The molecule has 0 spiro atoms. The van der Waals surface area contributed by atoms with Crippen molar-refractivity contribution in [1.82, 2.24) is 5.32 Å². The van der Waals surface area contributed by atoms with Crippen molar-refractivity contribution in [3.63, 3.8) is 0 Å². The Kier molecular flexibility index (Phi) is 7.53. The van der Waals surface area contributed by atoms with Gasteiger partial charge in [-0.3, -0.25) is 4.79 Å². The number of rotatable bonds is 7. The molecule has 1 aliphatic carbocycles. The van der Waals surface area contributed by atoms with Crippen molar-refractivity contribution in [3.05, 3.63) is 29.3 Å². The van der Waals surface area contributed by atoms with E-state index < -0.39 is 19.3 Å². The molecule has 1 aliphatic heterocycles. The summed E-state index contributed by atoms with van der Waals surface area (Å²) < 4.78 is 5.49. The zero-order valence-electron chi connectivity index (χ0n) is 16.7. The molecule has 8 nitrogen and oxygen atoms in total. The second-order valence-corrected chi connectivity index (χ2v) is 8.32. The molecule has 1 aromatic carbocycles. The van der Waals surface area contributed by atoms with Gasteiger partial charge in [0.2, 0.25) is 5.91 Å². The molecule has 29 heavy (non-hydrogen) atoms. The Morgan fingerprint density at radius 1 is 1.28 bits per heavy atom. The Labute approximate surface area is 171 Å². The smallest absolute Gasteiger partial charge is 0.534 e. The number of amides is 1. The number of aliphatic hydroxyl groups is 2. The summed E-state index contributed by atoms with van der Waals surface area (Å²) in [5, 5.41) is 32.1. The Morgan fingerprint density at radius 2 is 2.00 bits per heavy atom. The number of aliphatic hydroxyl groups excluding tert-OH is 1. The molecule has 1 fully saturated rings. The standard InChI is InChI=1S/C20H32BN3O5/c22-9-8-16(23)13-6-4-12(5-7-13)10-18(25)24-17-11-14-2-1-3-15(20(26)27)19(14)29-21(17)28/h1-3,12-13,16-17,20,26-28H,4-11,22-23H2,(H,24,25)/t12?,13?,16?,17-/m0/s1. The summed E-state index contributed by atoms with van der Waals surface area (Å²) in [7, 11) is -1.24. The third-order valence-electron chi connectivity index (χ3n) is 6.25. The fourth-order valence-electron chi connectivity index (χ4n) is 4.55. The van der Waals surface area contributed by atoms with E-state index in [-0.39, 0.29) is 23.3 Å². The Morgan fingerprint density at radius 3 is 2.66 bits per heavy atom. The van der Waals surface area contributed by atoms with Gasteiger partial charge >= 0.3 is 7.12 Å². The van der Waals surface area contributed by atoms with Crippen molar-refractivity contribution in [2.75, 3.05) is 6.54 Å². The van der Waals surface area contributed by atoms with Crippen LogP contribution in [0.15, 0.2) is 18.2 Å². The quantitative estimate of drug-likeness (QED) is 0.276. The number of nitrogens with two attached hydrogens (primary N) is 2. The lowest BCUT2D eigenvalue weighted by Gasteiger charge is -2.33. The van der Waals surface area contributed by atoms with Crippen molar-refractivity contribution in [2.45, 2.75) is 63.2 Å². The summed E-state index contributed by atoms with van der Waals surface area (Å²) >= 11 is 0. The van der Waals surface area contributed by atoms with E-state index in [1.807, 2.05) is 0 Å². The first-order valence-corrected chi connectivity index (χ1v) is 10.5. The van der Waals surface area contributed by atoms with Crippen LogP contribution in [0.1, 0.15) is 55.9 Å². The van der Waals surface area contributed by atoms with Gasteiger partial charge in [0.25, 0.3) is 0 Å². The average molecular weight is 405 g/mol. The molecule has 2 aliphatic rings. The number of carbonyl (C=O) groups is 1. The van der Waals surface area contributed by atoms with Gasteiger partial charge < -0.3 is 36.7 Å². The maximum absolute atomic E-state index is 12.5. The van der Waals surface area contributed by atoms with E-state index in [4.69, 9.17) is 16.1 Å². The van der Waals surface area contributed by atoms with Crippen LogP contribution >= 0.6 is 0 Å². The first-order valence-electron chi connectivity index (χ1n) is 10.5. The van der Waals surface area contributed by atoms with Crippen molar-refractivity contribution in [2.24, 2.45) is 23.3 Å². The highest BCUT2D eigenvalue weighted by atomic mass is 16.5. The van der Waals surface area contributed by atoms with E-state index in [1.165, 1.54) is 6.07 Å². The second kappa shape index (κ2) is 9.91. The molecule has 1 heterocycles. The predicted octanol–water partition coefficient (Wildman–Crippen LogP) is -0.0182. The van der Waals surface area contributed by atoms with E-state index in [9.17, 15) is 20.0 Å². The SMILES string of the molecule is NCCC(N)C1CCC(CC(=O)N[C@H]2Cc3cccc(C(O)O)c3OB2O)CC1. The molecule has 2 atom stereocenters. The van der Waals surface area contributed by atoms with Crippen molar-refractivity contribution in [1.29, 1.82) is 0 Å². The number of hydrogen-bond acceptors (Lipinski definition) is 7. The van der Waals surface area contributed by atoms with E-state index >= 15 is 0 Å². The first-order chi connectivity index (χ1) is 13.9. The predicted molar refractivity (Wildman–Crippen MR) is 110 cm³/mol. The molecule has 0 saturated heterocycles. The summed E-state index contributed by atoms with van der Waals surface area (Å²) in [4.78, 5) is 12.5. The number of benzene rings is 1. The minimum absolute atomic E-state index is 0.103. The maximum atomic E-state index is 12.5. The van der Waals surface area contributed by atoms with E-state index in [0.717, 1.165) is 37.7 Å². The molecule has 1 aromatic rings. The molecule has 9 heteroatoms. The third-order valence-corrected chi connectivity index (χ3v) is 6.25. The van der Waals surface area contributed by atoms with Crippen LogP contribution in [0.25, 0.3) is 0 Å². The number of nitrogens with one attached hydrogen (secondary N) is 1. The molecule has 8 N–H and O–H groups in total. The molecule has 1 saturated carbocycles. The van der Waals surface area contributed by atoms with E-state index in [1.54, 1.807) is 12.1 Å². The van der Waals surface area contributed by atoms with Gasteiger partial charge in [-0.15, -0.1) is 0 Å². The third kappa shape index (κ3) is 5.49. The number of fused-ring (bicyclic) bond motifs is 1. The fraction of sp³-hybridized carbons (Fsp3) is 0.650. The lowest BCUT2D eigenvalue weighted by atomic mass is 9.72. The molecule has 1 amide bonds. The highest BCUT2D eigenvalue weighted by Crippen LogP contribution is 2.34. The van der Waals surface area contributed by atoms with Gasteiger partial charge in [0.15, 0.2) is 6.29 Å². The molecular weight excluding hydrogens is 373 g/mol.